The predicted octanol–water partition coefficient (Wildman–Crippen LogP) is 3.63. The van der Waals surface area contributed by atoms with Crippen LogP contribution >= 0.6 is 0 Å². The molecule has 4 heteroatoms. The average molecular weight is 326 g/mol. The fourth-order valence-corrected chi connectivity index (χ4v) is 3.18. The molecule has 126 valence electrons. The highest BCUT2D eigenvalue weighted by Crippen LogP contribution is 2.24. The van der Waals surface area contributed by atoms with Gasteiger partial charge in [-0.1, -0.05) is 35.9 Å². The van der Waals surface area contributed by atoms with Crippen molar-refractivity contribution in [2.24, 2.45) is 0 Å². The zero-order valence-electron chi connectivity index (χ0n) is 14.2. The minimum Gasteiger partial charge on any atom is -0.337 e. The fourth-order valence-electron chi connectivity index (χ4n) is 3.18. The Bertz CT molecular complexity index is 727. The van der Waals surface area contributed by atoms with Crippen molar-refractivity contribution in [1.29, 1.82) is 0 Å². The van der Waals surface area contributed by atoms with Gasteiger partial charge in [0.1, 0.15) is 5.82 Å². The fraction of sp³-hybridized carbons (Fsp3) is 0.350. The van der Waals surface area contributed by atoms with Gasteiger partial charge in [-0.05, 0) is 50.1 Å². The van der Waals surface area contributed by atoms with E-state index in [0.717, 1.165) is 29.5 Å². The number of rotatable bonds is 3. The van der Waals surface area contributed by atoms with E-state index in [1.54, 1.807) is 11.0 Å². The molecule has 0 spiro atoms. The van der Waals surface area contributed by atoms with Crippen LogP contribution in [0, 0.1) is 12.7 Å². The van der Waals surface area contributed by atoms with E-state index < -0.39 is 5.82 Å². The second-order valence-corrected chi connectivity index (χ2v) is 6.44. The summed E-state index contributed by atoms with van der Waals surface area (Å²) in [5.74, 6) is -0.674. The molecule has 1 atom stereocenters. The molecule has 0 bridgehead atoms. The lowest BCUT2D eigenvalue weighted by Crippen LogP contribution is -2.47. The molecular weight excluding hydrogens is 303 g/mol. The van der Waals surface area contributed by atoms with Gasteiger partial charge in [-0.25, -0.2) is 4.39 Å². The number of carbonyl (C=O) groups is 1. The first-order valence-electron chi connectivity index (χ1n) is 8.41. The van der Waals surface area contributed by atoms with Crippen molar-refractivity contribution in [2.45, 2.75) is 25.8 Å². The minimum atomic E-state index is -0.454. The molecule has 1 heterocycles. The maximum atomic E-state index is 14.5. The Morgan fingerprint density at radius 1 is 1.17 bits per heavy atom. The van der Waals surface area contributed by atoms with E-state index in [9.17, 15) is 9.18 Å². The van der Waals surface area contributed by atoms with E-state index in [1.807, 2.05) is 44.3 Å². The van der Waals surface area contributed by atoms with Crippen molar-refractivity contribution in [3.8, 4) is 11.1 Å². The number of amides is 1. The monoisotopic (exact) mass is 326 g/mol. The van der Waals surface area contributed by atoms with E-state index in [4.69, 9.17) is 0 Å². The number of aryl methyl sites for hydroxylation is 1. The summed E-state index contributed by atoms with van der Waals surface area (Å²) < 4.78 is 14.5. The number of likely N-dealkylation sites (tertiary alicyclic amines) is 1. The largest absolute Gasteiger partial charge is 0.337 e. The molecule has 1 unspecified atom stereocenters. The Kier molecular flexibility index (Phi) is 4.95. The number of halogens is 1. The highest BCUT2D eigenvalue weighted by atomic mass is 19.1. The zero-order valence-corrected chi connectivity index (χ0v) is 14.2. The molecule has 3 nitrogen and oxygen atoms in total. The Balaban J connectivity index is 1.81. The normalized spacial score (nSPS) is 17.8. The summed E-state index contributed by atoms with van der Waals surface area (Å²) in [5.41, 5.74) is 3.06. The number of nitrogens with zero attached hydrogens (tertiary/aromatic N) is 1. The summed E-state index contributed by atoms with van der Waals surface area (Å²) in [6.07, 6.45) is 2.00. The summed E-state index contributed by atoms with van der Waals surface area (Å²) in [5, 5.41) is 3.20. The molecule has 0 radical (unpaired) electrons. The van der Waals surface area contributed by atoms with Crippen LogP contribution in [0.1, 0.15) is 28.8 Å². The first-order valence-corrected chi connectivity index (χ1v) is 8.41. The van der Waals surface area contributed by atoms with Gasteiger partial charge in [0.25, 0.3) is 5.91 Å². The minimum absolute atomic E-state index is 0.155. The quantitative estimate of drug-likeness (QED) is 0.934. The predicted molar refractivity (Wildman–Crippen MR) is 94.6 cm³/mol. The standard InChI is InChI=1S/C20H23FN2O/c1-14-5-7-15(8-6-14)16-9-10-18(19(21)12-16)20(24)23-11-3-4-17(13-23)22-2/h5-10,12,17,22H,3-4,11,13H2,1-2H3. The SMILES string of the molecule is CNC1CCCN(C(=O)c2ccc(-c3ccc(C)cc3)cc2F)C1. The third-order valence-electron chi connectivity index (χ3n) is 4.70. The van der Waals surface area contributed by atoms with Gasteiger partial charge in [-0.3, -0.25) is 4.79 Å². The number of benzene rings is 2. The average Bonchev–Trinajstić information content (AvgIpc) is 2.62. The van der Waals surface area contributed by atoms with E-state index >= 15 is 0 Å². The molecule has 24 heavy (non-hydrogen) atoms. The van der Waals surface area contributed by atoms with Crippen LogP contribution in [-0.2, 0) is 0 Å². The highest BCUT2D eigenvalue weighted by Gasteiger charge is 2.25. The molecule has 1 N–H and O–H groups in total. The lowest BCUT2D eigenvalue weighted by atomic mass is 10.0. The maximum Gasteiger partial charge on any atom is 0.256 e. The summed E-state index contributed by atoms with van der Waals surface area (Å²) >= 11 is 0. The second-order valence-electron chi connectivity index (χ2n) is 6.44. The van der Waals surface area contributed by atoms with Crippen molar-refractivity contribution in [2.75, 3.05) is 20.1 Å². The molecule has 1 aliphatic rings. The first kappa shape index (κ1) is 16.7. The van der Waals surface area contributed by atoms with Crippen LogP contribution < -0.4 is 5.32 Å². The lowest BCUT2D eigenvalue weighted by molar-refractivity contribution is 0.0693. The molecule has 0 saturated carbocycles. The maximum absolute atomic E-state index is 14.5. The molecule has 1 saturated heterocycles. The number of nitrogens with one attached hydrogen (secondary N) is 1. The van der Waals surface area contributed by atoms with Gasteiger partial charge in [-0.15, -0.1) is 0 Å². The number of likely N-dealkylation sites (N-methyl/N-ethyl adjacent to an activating group) is 1. The van der Waals surface area contributed by atoms with E-state index in [2.05, 4.69) is 5.32 Å². The molecule has 2 aromatic rings. The summed E-state index contributed by atoms with van der Waals surface area (Å²) in [4.78, 5) is 14.4. The zero-order chi connectivity index (χ0) is 17.1. The Morgan fingerprint density at radius 3 is 2.54 bits per heavy atom. The van der Waals surface area contributed by atoms with Crippen molar-refractivity contribution in [1.82, 2.24) is 10.2 Å². The topological polar surface area (TPSA) is 32.3 Å². The molecule has 1 fully saturated rings. The number of hydrogen-bond donors (Lipinski definition) is 1. The molecule has 1 amide bonds. The molecule has 2 aromatic carbocycles. The van der Waals surface area contributed by atoms with Crippen molar-refractivity contribution in [3.63, 3.8) is 0 Å². The van der Waals surface area contributed by atoms with Gasteiger partial charge in [0, 0.05) is 19.1 Å². The summed E-state index contributed by atoms with van der Waals surface area (Å²) in [6.45, 7) is 3.34. The van der Waals surface area contributed by atoms with Crippen molar-refractivity contribution >= 4 is 5.91 Å². The van der Waals surface area contributed by atoms with Crippen LogP contribution in [-0.4, -0.2) is 37.0 Å². The van der Waals surface area contributed by atoms with Crippen molar-refractivity contribution in [3.05, 3.63) is 59.4 Å². The van der Waals surface area contributed by atoms with Gasteiger partial charge >= 0.3 is 0 Å². The van der Waals surface area contributed by atoms with Crippen LogP contribution in [0.25, 0.3) is 11.1 Å². The highest BCUT2D eigenvalue weighted by molar-refractivity contribution is 5.95. The van der Waals surface area contributed by atoms with Gasteiger partial charge in [0.2, 0.25) is 0 Å². The van der Waals surface area contributed by atoms with Crippen LogP contribution in [0.15, 0.2) is 42.5 Å². The number of hydrogen-bond acceptors (Lipinski definition) is 2. The van der Waals surface area contributed by atoms with E-state index in [-0.39, 0.29) is 17.5 Å². The smallest absolute Gasteiger partial charge is 0.256 e. The Hall–Kier alpha value is -2.20. The number of carbonyl (C=O) groups excluding carboxylic acids is 1. The second kappa shape index (κ2) is 7.14. The van der Waals surface area contributed by atoms with Gasteiger partial charge in [-0.2, -0.15) is 0 Å². The lowest BCUT2D eigenvalue weighted by Gasteiger charge is -2.32. The van der Waals surface area contributed by atoms with E-state index in [0.29, 0.717) is 13.1 Å². The van der Waals surface area contributed by atoms with Crippen LogP contribution in [0.3, 0.4) is 0 Å². The van der Waals surface area contributed by atoms with Gasteiger partial charge in [0.05, 0.1) is 5.56 Å². The van der Waals surface area contributed by atoms with Gasteiger partial charge < -0.3 is 10.2 Å². The molecule has 0 aliphatic carbocycles. The summed E-state index contributed by atoms with van der Waals surface area (Å²) in [7, 11) is 1.90. The van der Waals surface area contributed by atoms with Crippen LogP contribution in [0.5, 0.6) is 0 Å². The molecule has 0 aromatic heterocycles. The molecule has 1 aliphatic heterocycles. The Labute approximate surface area is 142 Å². The molecular formula is C20H23FN2O. The third-order valence-corrected chi connectivity index (χ3v) is 4.70. The van der Waals surface area contributed by atoms with Crippen molar-refractivity contribution < 1.29 is 9.18 Å². The van der Waals surface area contributed by atoms with Crippen LogP contribution in [0.4, 0.5) is 4.39 Å². The Morgan fingerprint density at radius 2 is 1.88 bits per heavy atom. The third kappa shape index (κ3) is 3.49. The molecule has 3 rings (SSSR count). The van der Waals surface area contributed by atoms with E-state index in [1.165, 1.54) is 6.07 Å². The summed E-state index contributed by atoms with van der Waals surface area (Å²) in [6, 6.07) is 13.1. The van der Waals surface area contributed by atoms with Gasteiger partial charge in [0.15, 0.2) is 0 Å². The van der Waals surface area contributed by atoms with Crippen LogP contribution in [0.2, 0.25) is 0 Å². The first-order chi connectivity index (χ1) is 11.6. The number of piperidine rings is 1.